The number of rotatable bonds is 3. The molecule has 5 fully saturated rings. The van der Waals surface area contributed by atoms with Crippen LogP contribution in [-0.4, -0.2) is 35.8 Å². The third kappa shape index (κ3) is 3.25. The first-order valence-electron chi connectivity index (χ1n) is 11.2. The van der Waals surface area contributed by atoms with Crippen molar-refractivity contribution in [3.63, 3.8) is 0 Å². The Bertz CT molecular complexity index is 726. The van der Waals surface area contributed by atoms with Crippen LogP contribution in [0.4, 0.5) is 0 Å². The largest absolute Gasteiger partial charge is 0.353 e. The average molecular weight is 381 g/mol. The zero-order valence-corrected chi connectivity index (χ0v) is 17.0. The van der Waals surface area contributed by atoms with Crippen LogP contribution in [0, 0.1) is 30.1 Å². The van der Waals surface area contributed by atoms with Crippen LogP contribution < -0.4 is 5.32 Å². The van der Waals surface area contributed by atoms with Gasteiger partial charge in [-0.05, 0) is 88.2 Å². The van der Waals surface area contributed by atoms with E-state index in [1.807, 2.05) is 36.1 Å². The van der Waals surface area contributed by atoms with Gasteiger partial charge < -0.3 is 10.2 Å². The van der Waals surface area contributed by atoms with E-state index in [0.29, 0.717) is 5.91 Å². The van der Waals surface area contributed by atoms with Crippen molar-refractivity contribution in [3.05, 3.63) is 35.4 Å². The van der Waals surface area contributed by atoms with Gasteiger partial charge in [0.1, 0.15) is 0 Å². The summed E-state index contributed by atoms with van der Waals surface area (Å²) < 4.78 is 0. The van der Waals surface area contributed by atoms with Crippen molar-refractivity contribution in [2.75, 3.05) is 13.1 Å². The second-order valence-electron chi connectivity index (χ2n) is 10.1. The highest BCUT2D eigenvalue weighted by Crippen LogP contribution is 2.60. The van der Waals surface area contributed by atoms with Crippen molar-refractivity contribution in [1.29, 1.82) is 0 Å². The van der Waals surface area contributed by atoms with Crippen LogP contribution in [-0.2, 0) is 4.79 Å². The number of carbonyl (C=O) groups is 2. The van der Waals surface area contributed by atoms with E-state index in [1.165, 1.54) is 24.8 Å². The minimum atomic E-state index is -0.0659. The van der Waals surface area contributed by atoms with Crippen LogP contribution in [0.2, 0.25) is 0 Å². The highest BCUT2D eigenvalue weighted by atomic mass is 16.2. The van der Waals surface area contributed by atoms with Gasteiger partial charge >= 0.3 is 0 Å². The van der Waals surface area contributed by atoms with Crippen LogP contribution in [0.25, 0.3) is 0 Å². The molecule has 4 heteroatoms. The summed E-state index contributed by atoms with van der Waals surface area (Å²) in [6, 6.07) is 8.04. The lowest BCUT2D eigenvalue weighted by Gasteiger charge is -2.56. The molecular weight excluding hydrogens is 348 g/mol. The number of likely N-dealkylation sites (tertiary alicyclic amines) is 1. The van der Waals surface area contributed by atoms with E-state index >= 15 is 0 Å². The van der Waals surface area contributed by atoms with Crippen molar-refractivity contribution in [1.82, 2.24) is 10.2 Å². The average Bonchev–Trinajstić information content (AvgIpc) is 2.67. The standard InChI is InChI=1S/C24H32N2O2/c1-16-2-4-20(5-3-16)22(27)26-8-6-21(7-9-26)25-23(28)24-13-17-10-18(14-24)12-19(11-17)15-24/h2-5,17-19,21H,6-15H2,1H3,(H,25,28). The molecule has 1 N–H and O–H groups in total. The van der Waals surface area contributed by atoms with Crippen molar-refractivity contribution >= 4 is 11.8 Å². The first-order valence-corrected chi connectivity index (χ1v) is 11.2. The van der Waals surface area contributed by atoms with E-state index in [2.05, 4.69) is 5.32 Å². The van der Waals surface area contributed by atoms with E-state index < -0.39 is 0 Å². The van der Waals surface area contributed by atoms with E-state index in [1.54, 1.807) is 0 Å². The zero-order valence-electron chi connectivity index (χ0n) is 17.0. The summed E-state index contributed by atoms with van der Waals surface area (Å²) in [5.74, 6) is 2.84. The van der Waals surface area contributed by atoms with Gasteiger partial charge in [0.25, 0.3) is 5.91 Å². The maximum absolute atomic E-state index is 13.2. The van der Waals surface area contributed by atoms with Crippen molar-refractivity contribution in [2.45, 2.75) is 64.3 Å². The number of hydrogen-bond donors (Lipinski definition) is 1. The van der Waals surface area contributed by atoms with E-state index in [0.717, 1.165) is 68.5 Å². The highest BCUT2D eigenvalue weighted by molar-refractivity contribution is 5.94. The molecule has 6 rings (SSSR count). The molecule has 4 bridgehead atoms. The topological polar surface area (TPSA) is 49.4 Å². The lowest BCUT2D eigenvalue weighted by molar-refractivity contribution is -0.147. The van der Waals surface area contributed by atoms with Crippen LogP contribution in [0.15, 0.2) is 24.3 Å². The summed E-state index contributed by atoms with van der Waals surface area (Å²) in [5.41, 5.74) is 1.87. The van der Waals surface area contributed by atoms with Gasteiger partial charge in [0.15, 0.2) is 0 Å². The van der Waals surface area contributed by atoms with Crippen LogP contribution in [0.1, 0.15) is 67.3 Å². The summed E-state index contributed by atoms with van der Waals surface area (Å²) in [7, 11) is 0. The van der Waals surface area contributed by atoms with Crippen LogP contribution >= 0.6 is 0 Å². The molecule has 1 aromatic carbocycles. The molecule has 4 saturated carbocycles. The Hall–Kier alpha value is -1.84. The number of benzene rings is 1. The molecule has 0 atom stereocenters. The van der Waals surface area contributed by atoms with Gasteiger partial charge in [-0.1, -0.05) is 17.7 Å². The molecule has 4 nitrogen and oxygen atoms in total. The van der Waals surface area contributed by atoms with E-state index in [-0.39, 0.29) is 17.4 Å². The predicted molar refractivity (Wildman–Crippen MR) is 109 cm³/mol. The number of amides is 2. The van der Waals surface area contributed by atoms with E-state index in [9.17, 15) is 9.59 Å². The van der Waals surface area contributed by atoms with Gasteiger partial charge in [0.05, 0.1) is 0 Å². The summed E-state index contributed by atoms with van der Waals surface area (Å²) in [6.45, 7) is 3.50. The maximum atomic E-state index is 13.2. The van der Waals surface area contributed by atoms with Gasteiger partial charge in [-0.25, -0.2) is 0 Å². The maximum Gasteiger partial charge on any atom is 0.253 e. The minimum absolute atomic E-state index is 0.0659. The summed E-state index contributed by atoms with van der Waals surface area (Å²) >= 11 is 0. The molecule has 1 aliphatic heterocycles. The molecular formula is C24H32N2O2. The lowest BCUT2D eigenvalue weighted by atomic mass is 9.49. The number of hydrogen-bond acceptors (Lipinski definition) is 2. The smallest absolute Gasteiger partial charge is 0.253 e. The minimum Gasteiger partial charge on any atom is -0.353 e. The second kappa shape index (κ2) is 6.89. The van der Waals surface area contributed by atoms with Gasteiger partial charge in [0, 0.05) is 30.1 Å². The van der Waals surface area contributed by atoms with Crippen molar-refractivity contribution in [2.24, 2.45) is 23.2 Å². The zero-order chi connectivity index (χ0) is 19.3. The fourth-order valence-electron chi connectivity index (χ4n) is 6.83. The first kappa shape index (κ1) is 18.2. The molecule has 0 radical (unpaired) electrons. The summed E-state index contributed by atoms with van der Waals surface area (Å²) in [6.07, 6.45) is 9.20. The predicted octanol–water partition coefficient (Wildman–Crippen LogP) is 3.93. The monoisotopic (exact) mass is 380 g/mol. The first-order chi connectivity index (χ1) is 13.5. The normalized spacial score (nSPS) is 34.5. The van der Waals surface area contributed by atoms with Crippen molar-refractivity contribution in [3.8, 4) is 0 Å². The van der Waals surface area contributed by atoms with Gasteiger partial charge in [0.2, 0.25) is 5.91 Å². The van der Waals surface area contributed by atoms with Crippen LogP contribution in [0.3, 0.4) is 0 Å². The number of piperidine rings is 1. The molecule has 28 heavy (non-hydrogen) atoms. The molecule has 5 aliphatic rings. The second-order valence-corrected chi connectivity index (χ2v) is 10.1. The quantitative estimate of drug-likeness (QED) is 0.864. The highest BCUT2D eigenvalue weighted by Gasteiger charge is 2.54. The third-order valence-electron chi connectivity index (χ3n) is 7.94. The van der Waals surface area contributed by atoms with Crippen molar-refractivity contribution < 1.29 is 9.59 Å². The molecule has 150 valence electrons. The Balaban J connectivity index is 1.17. The molecule has 1 saturated heterocycles. The van der Waals surface area contributed by atoms with Gasteiger partial charge in [-0.15, -0.1) is 0 Å². The fraction of sp³-hybridized carbons (Fsp3) is 0.667. The molecule has 0 spiro atoms. The van der Waals surface area contributed by atoms with E-state index in [4.69, 9.17) is 0 Å². The lowest BCUT2D eigenvalue weighted by Crippen LogP contribution is -2.56. The molecule has 2 amide bonds. The Morgan fingerprint density at radius 1 is 0.929 bits per heavy atom. The molecule has 1 aromatic rings. The molecule has 1 heterocycles. The summed E-state index contributed by atoms with van der Waals surface area (Å²) in [5, 5.41) is 3.41. The number of nitrogens with one attached hydrogen (secondary N) is 1. The number of nitrogens with zero attached hydrogens (tertiary/aromatic N) is 1. The van der Waals surface area contributed by atoms with Crippen LogP contribution in [0.5, 0.6) is 0 Å². The van der Waals surface area contributed by atoms with Gasteiger partial charge in [-0.3, -0.25) is 9.59 Å². The Kier molecular flexibility index (Phi) is 4.48. The summed E-state index contributed by atoms with van der Waals surface area (Å²) in [4.78, 5) is 27.9. The molecule has 0 aromatic heterocycles. The molecule has 4 aliphatic carbocycles. The number of carbonyl (C=O) groups excluding carboxylic acids is 2. The fourth-order valence-corrected chi connectivity index (χ4v) is 6.83. The third-order valence-corrected chi connectivity index (χ3v) is 7.94. The Labute approximate surface area is 168 Å². The number of aryl methyl sites for hydroxylation is 1. The van der Waals surface area contributed by atoms with Gasteiger partial charge in [-0.2, -0.15) is 0 Å². The SMILES string of the molecule is Cc1ccc(C(=O)N2CCC(NC(=O)C34CC5CC(CC(C5)C3)C4)CC2)cc1. The molecule has 0 unspecified atom stereocenters. The Morgan fingerprint density at radius 2 is 1.46 bits per heavy atom. The Morgan fingerprint density at radius 3 is 2.00 bits per heavy atom.